The van der Waals surface area contributed by atoms with Crippen molar-refractivity contribution in [2.24, 2.45) is 23.5 Å². The van der Waals surface area contributed by atoms with Crippen molar-refractivity contribution in [1.29, 1.82) is 0 Å². The molecule has 0 radical (unpaired) electrons. The number of carbonyl (C=O) groups is 1. The van der Waals surface area contributed by atoms with Crippen molar-refractivity contribution >= 4 is 5.91 Å². The van der Waals surface area contributed by atoms with E-state index < -0.39 is 0 Å². The maximum absolute atomic E-state index is 12.6. The molecule has 3 N–H and O–H groups in total. The lowest BCUT2D eigenvalue weighted by molar-refractivity contribution is -0.139. The molecule has 0 aliphatic heterocycles. The van der Waals surface area contributed by atoms with Crippen molar-refractivity contribution in [3.8, 4) is 0 Å². The molecule has 1 aliphatic rings. The van der Waals surface area contributed by atoms with Gasteiger partial charge in [0.15, 0.2) is 0 Å². The summed E-state index contributed by atoms with van der Waals surface area (Å²) in [5.41, 5.74) is 6.12. The van der Waals surface area contributed by atoms with Gasteiger partial charge < -0.3 is 15.7 Å². The molecule has 4 heteroatoms. The summed E-state index contributed by atoms with van der Waals surface area (Å²) in [5, 5.41) is 9.12. The van der Waals surface area contributed by atoms with Crippen LogP contribution in [0.2, 0.25) is 0 Å². The van der Waals surface area contributed by atoms with E-state index in [0.717, 1.165) is 32.2 Å². The van der Waals surface area contributed by atoms with Crippen molar-refractivity contribution in [2.45, 2.75) is 52.5 Å². The standard InChI is InChI=1S/C15H30N2O2/c1-4-5-6-17(7-8-18)15(19)13-10-14(16)12(3)9-11(13)2/h11-14,18H,4-10,16H2,1-3H3. The zero-order valence-corrected chi connectivity index (χ0v) is 12.6. The molecule has 0 aromatic carbocycles. The Balaban J connectivity index is 2.66. The fourth-order valence-corrected chi connectivity index (χ4v) is 3.06. The van der Waals surface area contributed by atoms with E-state index in [2.05, 4.69) is 20.8 Å². The lowest BCUT2D eigenvalue weighted by Gasteiger charge is -2.38. The van der Waals surface area contributed by atoms with Gasteiger partial charge in [0.05, 0.1) is 6.61 Å². The number of rotatable bonds is 6. The Morgan fingerprint density at radius 2 is 1.95 bits per heavy atom. The molecule has 0 heterocycles. The van der Waals surface area contributed by atoms with E-state index in [4.69, 9.17) is 10.8 Å². The van der Waals surface area contributed by atoms with E-state index in [1.165, 1.54) is 0 Å². The molecule has 1 fully saturated rings. The minimum atomic E-state index is 0.0367. The molecule has 4 nitrogen and oxygen atoms in total. The van der Waals surface area contributed by atoms with Gasteiger partial charge in [-0.25, -0.2) is 0 Å². The number of aliphatic hydroxyl groups is 1. The Kier molecular flexibility index (Phi) is 6.80. The maximum atomic E-state index is 12.6. The molecule has 19 heavy (non-hydrogen) atoms. The number of nitrogens with two attached hydrogens (primary N) is 1. The fourth-order valence-electron chi connectivity index (χ4n) is 3.06. The fraction of sp³-hybridized carbons (Fsp3) is 0.933. The van der Waals surface area contributed by atoms with Gasteiger partial charge in [-0.2, -0.15) is 0 Å². The van der Waals surface area contributed by atoms with Crippen LogP contribution in [0.25, 0.3) is 0 Å². The molecular formula is C15H30N2O2. The normalized spacial score (nSPS) is 31.2. The first kappa shape index (κ1) is 16.4. The SMILES string of the molecule is CCCCN(CCO)C(=O)C1CC(N)C(C)CC1C. The molecule has 4 unspecified atom stereocenters. The highest BCUT2D eigenvalue weighted by Gasteiger charge is 2.36. The highest BCUT2D eigenvalue weighted by atomic mass is 16.3. The summed E-state index contributed by atoms with van der Waals surface area (Å²) in [6, 6.07) is 0.132. The van der Waals surface area contributed by atoms with E-state index >= 15 is 0 Å². The second kappa shape index (κ2) is 7.85. The van der Waals surface area contributed by atoms with Crippen molar-refractivity contribution < 1.29 is 9.90 Å². The summed E-state index contributed by atoms with van der Waals surface area (Å²) >= 11 is 0. The molecule has 112 valence electrons. The van der Waals surface area contributed by atoms with Crippen LogP contribution in [-0.2, 0) is 4.79 Å². The Morgan fingerprint density at radius 1 is 1.26 bits per heavy atom. The number of amides is 1. The highest BCUT2D eigenvalue weighted by Crippen LogP contribution is 2.34. The number of hydrogen-bond donors (Lipinski definition) is 2. The van der Waals surface area contributed by atoms with Crippen molar-refractivity contribution in [2.75, 3.05) is 19.7 Å². The second-order valence-corrected chi connectivity index (χ2v) is 6.10. The van der Waals surface area contributed by atoms with Gasteiger partial charge in [0.25, 0.3) is 0 Å². The van der Waals surface area contributed by atoms with Crippen LogP contribution in [0.15, 0.2) is 0 Å². The Labute approximate surface area is 117 Å². The van der Waals surface area contributed by atoms with Gasteiger partial charge in [-0.05, 0) is 31.1 Å². The molecule has 1 saturated carbocycles. The Hall–Kier alpha value is -0.610. The first-order valence-corrected chi connectivity index (χ1v) is 7.66. The monoisotopic (exact) mass is 270 g/mol. The minimum Gasteiger partial charge on any atom is -0.395 e. The van der Waals surface area contributed by atoms with Crippen LogP contribution in [0, 0.1) is 17.8 Å². The second-order valence-electron chi connectivity index (χ2n) is 6.10. The van der Waals surface area contributed by atoms with E-state index in [1.54, 1.807) is 0 Å². The quantitative estimate of drug-likeness (QED) is 0.770. The summed E-state index contributed by atoms with van der Waals surface area (Å²) in [4.78, 5) is 14.4. The number of carbonyl (C=O) groups excluding carboxylic acids is 1. The average molecular weight is 270 g/mol. The van der Waals surface area contributed by atoms with Crippen LogP contribution in [-0.4, -0.2) is 41.7 Å². The number of nitrogens with zero attached hydrogens (tertiary/aromatic N) is 1. The van der Waals surface area contributed by atoms with Crippen LogP contribution >= 0.6 is 0 Å². The van der Waals surface area contributed by atoms with Crippen LogP contribution in [0.3, 0.4) is 0 Å². The molecule has 0 saturated heterocycles. The summed E-state index contributed by atoms with van der Waals surface area (Å²) in [7, 11) is 0. The third-order valence-electron chi connectivity index (χ3n) is 4.47. The third-order valence-corrected chi connectivity index (χ3v) is 4.47. The average Bonchev–Trinajstić information content (AvgIpc) is 2.38. The largest absolute Gasteiger partial charge is 0.395 e. The van der Waals surface area contributed by atoms with E-state index in [1.807, 2.05) is 4.90 Å². The first-order valence-electron chi connectivity index (χ1n) is 7.66. The van der Waals surface area contributed by atoms with Gasteiger partial charge in [0.2, 0.25) is 5.91 Å². The topological polar surface area (TPSA) is 66.6 Å². The van der Waals surface area contributed by atoms with Gasteiger partial charge in [-0.1, -0.05) is 27.2 Å². The van der Waals surface area contributed by atoms with Crippen LogP contribution in [0.4, 0.5) is 0 Å². The molecule has 1 aliphatic carbocycles. The summed E-state index contributed by atoms with van der Waals surface area (Å²) in [5.74, 6) is 1.12. The minimum absolute atomic E-state index is 0.0367. The summed E-state index contributed by atoms with van der Waals surface area (Å²) in [6.45, 7) is 7.69. The number of aliphatic hydroxyl groups excluding tert-OH is 1. The first-order chi connectivity index (χ1) is 9.01. The Morgan fingerprint density at radius 3 is 2.53 bits per heavy atom. The lowest BCUT2D eigenvalue weighted by Crippen LogP contribution is -2.47. The van der Waals surface area contributed by atoms with Crippen LogP contribution in [0.1, 0.15) is 46.5 Å². The molecule has 0 aromatic rings. The van der Waals surface area contributed by atoms with Crippen LogP contribution < -0.4 is 5.73 Å². The predicted molar refractivity (Wildman–Crippen MR) is 77.6 cm³/mol. The van der Waals surface area contributed by atoms with E-state index in [-0.39, 0.29) is 24.5 Å². The molecule has 1 rings (SSSR count). The van der Waals surface area contributed by atoms with Gasteiger partial charge in [0.1, 0.15) is 0 Å². The number of unbranched alkanes of at least 4 members (excludes halogenated alkanes) is 1. The molecule has 0 spiro atoms. The van der Waals surface area contributed by atoms with E-state index in [9.17, 15) is 4.79 Å². The van der Waals surface area contributed by atoms with Gasteiger partial charge in [-0.3, -0.25) is 4.79 Å². The number of hydrogen-bond acceptors (Lipinski definition) is 3. The van der Waals surface area contributed by atoms with Gasteiger partial charge in [0, 0.05) is 25.0 Å². The molecule has 0 aromatic heterocycles. The van der Waals surface area contributed by atoms with Crippen molar-refractivity contribution in [3.63, 3.8) is 0 Å². The Bertz CT molecular complexity index is 283. The lowest BCUT2D eigenvalue weighted by atomic mass is 9.72. The third kappa shape index (κ3) is 4.46. The molecule has 4 atom stereocenters. The summed E-state index contributed by atoms with van der Waals surface area (Å²) in [6.07, 6.45) is 3.87. The maximum Gasteiger partial charge on any atom is 0.226 e. The highest BCUT2D eigenvalue weighted by molar-refractivity contribution is 5.79. The van der Waals surface area contributed by atoms with Crippen LogP contribution in [0.5, 0.6) is 0 Å². The molecule has 1 amide bonds. The van der Waals surface area contributed by atoms with Crippen molar-refractivity contribution in [1.82, 2.24) is 4.90 Å². The van der Waals surface area contributed by atoms with Gasteiger partial charge in [-0.15, -0.1) is 0 Å². The molecular weight excluding hydrogens is 240 g/mol. The van der Waals surface area contributed by atoms with Gasteiger partial charge >= 0.3 is 0 Å². The zero-order chi connectivity index (χ0) is 14.4. The smallest absolute Gasteiger partial charge is 0.226 e. The zero-order valence-electron chi connectivity index (χ0n) is 12.6. The predicted octanol–water partition coefficient (Wildman–Crippen LogP) is 1.62. The molecule has 0 bridgehead atoms. The summed E-state index contributed by atoms with van der Waals surface area (Å²) < 4.78 is 0. The van der Waals surface area contributed by atoms with Crippen molar-refractivity contribution in [3.05, 3.63) is 0 Å². The van der Waals surface area contributed by atoms with E-state index in [0.29, 0.717) is 18.4 Å².